The van der Waals surface area contributed by atoms with E-state index in [9.17, 15) is 0 Å². The minimum Gasteiger partial charge on any atom is -0.372 e. The van der Waals surface area contributed by atoms with E-state index in [1.54, 1.807) is 0 Å². The van der Waals surface area contributed by atoms with E-state index in [1.807, 2.05) is 6.08 Å². The average molecular weight is 113 g/mol. The zero-order chi connectivity index (χ0) is 6.41. The summed E-state index contributed by atoms with van der Waals surface area (Å²) in [5.74, 6) is 0.898. The first-order chi connectivity index (χ1) is 3.85. The van der Waals surface area contributed by atoms with Gasteiger partial charge in [0.15, 0.2) is 0 Å². The van der Waals surface area contributed by atoms with Gasteiger partial charge in [-0.05, 0) is 18.8 Å². The minimum absolute atomic E-state index is 0.250. The third-order valence-corrected chi connectivity index (χ3v) is 0.955. The van der Waals surface area contributed by atoms with Gasteiger partial charge >= 0.3 is 0 Å². The molecule has 8 heavy (non-hydrogen) atoms. The van der Waals surface area contributed by atoms with E-state index in [1.165, 1.54) is 12.8 Å². The number of hydrogen-bond acceptors (Lipinski definition) is 1. The van der Waals surface area contributed by atoms with Crippen LogP contribution < -0.4 is 5.73 Å². The number of allylic oxidation sites excluding steroid dienone is 1. The molecule has 1 fully saturated rings. The van der Waals surface area contributed by atoms with Crippen molar-refractivity contribution in [2.24, 2.45) is 11.7 Å². The van der Waals surface area contributed by atoms with Gasteiger partial charge in [-0.1, -0.05) is 6.08 Å². The van der Waals surface area contributed by atoms with Gasteiger partial charge in [-0.3, -0.25) is 4.79 Å². The lowest BCUT2D eigenvalue weighted by Crippen LogP contribution is -1.82. The monoisotopic (exact) mass is 113 g/mol. The Morgan fingerprint density at radius 1 is 1.62 bits per heavy atom. The van der Waals surface area contributed by atoms with Gasteiger partial charge in [-0.25, -0.2) is 0 Å². The van der Waals surface area contributed by atoms with Crippen LogP contribution in [-0.2, 0) is 4.79 Å². The van der Waals surface area contributed by atoms with Crippen molar-refractivity contribution in [1.29, 1.82) is 0 Å². The lowest BCUT2D eigenvalue weighted by Gasteiger charge is -1.63. The van der Waals surface area contributed by atoms with Crippen molar-refractivity contribution in [3.63, 3.8) is 0 Å². The van der Waals surface area contributed by atoms with Gasteiger partial charge in [-0.15, -0.1) is 6.58 Å². The standard InChI is InChI=1S/C5H8.CH3NO/c1-2-5-3-4-5;2-1-3/h2,5H,1,3-4H2;1H,(H2,2,3). The summed E-state index contributed by atoms with van der Waals surface area (Å²) in [4.78, 5) is 8.58. The molecule has 0 aromatic heterocycles. The van der Waals surface area contributed by atoms with Gasteiger partial charge in [-0.2, -0.15) is 0 Å². The van der Waals surface area contributed by atoms with Gasteiger partial charge in [0.25, 0.3) is 0 Å². The number of amides is 1. The van der Waals surface area contributed by atoms with E-state index in [4.69, 9.17) is 4.79 Å². The molecule has 0 saturated heterocycles. The molecule has 1 aliphatic carbocycles. The number of rotatable bonds is 1. The predicted octanol–water partition coefficient (Wildman–Crippen LogP) is 0.684. The highest BCUT2D eigenvalue weighted by Crippen LogP contribution is 2.28. The van der Waals surface area contributed by atoms with Gasteiger partial charge in [0, 0.05) is 0 Å². The van der Waals surface area contributed by atoms with E-state index in [2.05, 4.69) is 12.3 Å². The molecule has 0 aliphatic heterocycles. The highest BCUT2D eigenvalue weighted by atomic mass is 16.1. The Balaban J connectivity index is 0.000000145. The van der Waals surface area contributed by atoms with Crippen molar-refractivity contribution in [2.45, 2.75) is 12.8 Å². The summed E-state index contributed by atoms with van der Waals surface area (Å²) in [6.45, 7) is 3.62. The van der Waals surface area contributed by atoms with Crippen LogP contribution in [0.25, 0.3) is 0 Å². The van der Waals surface area contributed by atoms with Crippen molar-refractivity contribution < 1.29 is 4.79 Å². The van der Waals surface area contributed by atoms with Gasteiger partial charge in [0.2, 0.25) is 6.41 Å². The maximum atomic E-state index is 8.58. The van der Waals surface area contributed by atoms with Crippen LogP contribution in [0.15, 0.2) is 12.7 Å². The molecule has 1 aliphatic rings. The lowest BCUT2D eigenvalue weighted by molar-refractivity contribution is -0.106. The fourth-order valence-electron chi connectivity index (χ4n) is 0.332. The second-order valence-electron chi connectivity index (χ2n) is 1.71. The summed E-state index contributed by atoms with van der Waals surface area (Å²) in [5, 5.41) is 0. The summed E-state index contributed by atoms with van der Waals surface area (Å²) >= 11 is 0. The first kappa shape index (κ1) is 7.21. The Bertz CT molecular complexity index is 76.6. The molecule has 1 saturated carbocycles. The molecule has 2 N–H and O–H groups in total. The van der Waals surface area contributed by atoms with E-state index in [0.717, 1.165) is 5.92 Å². The Morgan fingerprint density at radius 3 is 2.00 bits per heavy atom. The van der Waals surface area contributed by atoms with Crippen molar-refractivity contribution in [3.05, 3.63) is 12.7 Å². The molecular formula is C6H11NO. The number of carbonyl (C=O) groups excluding carboxylic acids is 1. The van der Waals surface area contributed by atoms with Crippen LogP contribution in [0.1, 0.15) is 12.8 Å². The van der Waals surface area contributed by atoms with Crippen LogP contribution in [0.3, 0.4) is 0 Å². The molecule has 0 radical (unpaired) electrons. The first-order valence-corrected chi connectivity index (χ1v) is 2.63. The fourth-order valence-corrected chi connectivity index (χ4v) is 0.332. The minimum atomic E-state index is 0.250. The Hall–Kier alpha value is -0.790. The van der Waals surface area contributed by atoms with Crippen molar-refractivity contribution in [1.82, 2.24) is 0 Å². The molecule has 0 aromatic rings. The number of nitrogens with two attached hydrogens (primary N) is 1. The molecule has 2 nitrogen and oxygen atoms in total. The molecule has 0 heterocycles. The van der Waals surface area contributed by atoms with Gasteiger partial charge in [0.05, 0.1) is 0 Å². The van der Waals surface area contributed by atoms with Crippen LogP contribution in [-0.4, -0.2) is 6.41 Å². The maximum Gasteiger partial charge on any atom is 0.204 e. The fraction of sp³-hybridized carbons (Fsp3) is 0.500. The van der Waals surface area contributed by atoms with Crippen LogP contribution >= 0.6 is 0 Å². The maximum absolute atomic E-state index is 8.58. The van der Waals surface area contributed by atoms with Crippen LogP contribution in [0, 0.1) is 5.92 Å². The normalized spacial score (nSPS) is 15.5. The zero-order valence-electron chi connectivity index (χ0n) is 4.84. The largest absolute Gasteiger partial charge is 0.372 e. The van der Waals surface area contributed by atoms with E-state index in [0.29, 0.717) is 0 Å². The van der Waals surface area contributed by atoms with E-state index >= 15 is 0 Å². The summed E-state index contributed by atoms with van der Waals surface area (Å²) in [6, 6.07) is 0. The number of primary amides is 1. The van der Waals surface area contributed by atoms with Crippen LogP contribution in [0.2, 0.25) is 0 Å². The number of carbonyl (C=O) groups is 1. The zero-order valence-corrected chi connectivity index (χ0v) is 4.84. The molecule has 2 heteroatoms. The predicted molar refractivity (Wildman–Crippen MR) is 33.2 cm³/mol. The molecule has 0 unspecified atom stereocenters. The Labute approximate surface area is 49.4 Å². The van der Waals surface area contributed by atoms with E-state index in [-0.39, 0.29) is 6.41 Å². The topological polar surface area (TPSA) is 43.1 Å². The van der Waals surface area contributed by atoms with Crippen LogP contribution in [0.4, 0.5) is 0 Å². The van der Waals surface area contributed by atoms with Crippen molar-refractivity contribution in [2.75, 3.05) is 0 Å². The van der Waals surface area contributed by atoms with Gasteiger partial charge < -0.3 is 5.73 Å². The highest BCUT2D eigenvalue weighted by molar-refractivity contribution is 5.42. The Kier molecular flexibility index (Phi) is 3.94. The first-order valence-electron chi connectivity index (χ1n) is 2.63. The lowest BCUT2D eigenvalue weighted by atomic mass is 10.4. The summed E-state index contributed by atoms with van der Waals surface area (Å²) in [5.41, 5.74) is 4.17. The molecule has 0 bridgehead atoms. The molecule has 1 amide bonds. The molecule has 46 valence electrons. The van der Waals surface area contributed by atoms with Crippen molar-refractivity contribution in [3.8, 4) is 0 Å². The summed E-state index contributed by atoms with van der Waals surface area (Å²) < 4.78 is 0. The molecular weight excluding hydrogens is 102 g/mol. The molecule has 1 rings (SSSR count). The van der Waals surface area contributed by atoms with Gasteiger partial charge in [0.1, 0.15) is 0 Å². The van der Waals surface area contributed by atoms with Crippen LogP contribution in [0.5, 0.6) is 0 Å². The summed E-state index contributed by atoms with van der Waals surface area (Å²) in [7, 11) is 0. The quantitative estimate of drug-likeness (QED) is 0.394. The third-order valence-electron chi connectivity index (χ3n) is 0.955. The summed E-state index contributed by atoms with van der Waals surface area (Å²) in [6.07, 6.45) is 5.06. The Morgan fingerprint density at radius 2 is 2.00 bits per heavy atom. The third kappa shape index (κ3) is 5.21. The molecule has 0 aromatic carbocycles. The highest BCUT2D eigenvalue weighted by Gasteiger charge is 2.15. The molecule has 0 spiro atoms. The number of hydrogen-bond donors (Lipinski definition) is 1. The SMILES string of the molecule is C=CC1CC1.NC=O. The smallest absolute Gasteiger partial charge is 0.204 e. The second kappa shape index (κ2) is 4.37. The average Bonchev–Trinajstić information content (AvgIpc) is 2.48. The second-order valence-corrected chi connectivity index (χ2v) is 1.71. The van der Waals surface area contributed by atoms with E-state index < -0.39 is 0 Å². The van der Waals surface area contributed by atoms with Crippen molar-refractivity contribution >= 4 is 6.41 Å². The molecule has 0 atom stereocenters.